The topological polar surface area (TPSA) is 37.3 Å². The van der Waals surface area contributed by atoms with Crippen molar-refractivity contribution in [1.29, 1.82) is 0 Å². The van der Waals surface area contributed by atoms with Gasteiger partial charge in [0.1, 0.15) is 4.75 Å². The Kier molecular flexibility index (Phi) is 3.93. The molecule has 0 heterocycles. The van der Waals surface area contributed by atoms with Gasteiger partial charge in [-0.05, 0) is 13.3 Å². The molecule has 0 aromatic heterocycles. The van der Waals surface area contributed by atoms with Gasteiger partial charge < -0.3 is 5.11 Å². The number of thioether (sulfide) groups is 1. The van der Waals surface area contributed by atoms with Crippen LogP contribution in [0.15, 0.2) is 0 Å². The Morgan fingerprint density at radius 1 is 1.64 bits per heavy atom. The van der Waals surface area contributed by atoms with Crippen LogP contribution in [-0.4, -0.2) is 21.1 Å². The minimum absolute atomic E-state index is 0.371. The van der Waals surface area contributed by atoms with Gasteiger partial charge in [0.15, 0.2) is 0 Å². The molecular formula is C8H16O2S. The summed E-state index contributed by atoms with van der Waals surface area (Å²) in [5.74, 6) is -0.710. The summed E-state index contributed by atoms with van der Waals surface area (Å²) in [5, 5.41) is 9.23. The molecule has 0 aliphatic carbocycles. The van der Waals surface area contributed by atoms with Gasteiger partial charge in [0.2, 0.25) is 0 Å². The molecule has 0 aliphatic heterocycles. The highest BCUT2D eigenvalue weighted by Gasteiger charge is 2.32. The maximum atomic E-state index is 10.8. The molecular weight excluding hydrogens is 160 g/mol. The lowest BCUT2D eigenvalue weighted by Crippen LogP contribution is -2.31. The van der Waals surface area contributed by atoms with Crippen LogP contribution in [0.3, 0.4) is 0 Å². The molecule has 11 heavy (non-hydrogen) atoms. The maximum absolute atomic E-state index is 10.8. The maximum Gasteiger partial charge on any atom is 0.319 e. The fourth-order valence-electron chi connectivity index (χ4n) is 0.805. The number of carboxylic acid groups (broad SMARTS) is 1. The van der Waals surface area contributed by atoms with E-state index in [9.17, 15) is 4.79 Å². The van der Waals surface area contributed by atoms with Gasteiger partial charge in [-0.3, -0.25) is 4.79 Å². The standard InChI is InChI=1S/C8H16O2S/c1-5-8(4,7(9)10)11-6(2)3/h6H,5H2,1-4H3,(H,9,10). The van der Waals surface area contributed by atoms with Gasteiger partial charge in [0.25, 0.3) is 0 Å². The number of carboxylic acids is 1. The molecule has 0 rings (SSSR count). The summed E-state index contributed by atoms with van der Waals surface area (Å²) in [7, 11) is 0. The van der Waals surface area contributed by atoms with Gasteiger partial charge in [0, 0.05) is 5.25 Å². The lowest BCUT2D eigenvalue weighted by atomic mass is 10.1. The van der Waals surface area contributed by atoms with E-state index in [1.807, 2.05) is 20.8 Å². The summed E-state index contributed by atoms with van der Waals surface area (Å²) in [6.07, 6.45) is 0.672. The lowest BCUT2D eigenvalue weighted by molar-refractivity contribution is -0.139. The monoisotopic (exact) mass is 176 g/mol. The van der Waals surface area contributed by atoms with E-state index in [4.69, 9.17) is 5.11 Å². The second-order valence-electron chi connectivity index (χ2n) is 3.06. The Labute approximate surface area is 72.4 Å². The molecule has 1 unspecified atom stereocenters. The number of hydrogen-bond acceptors (Lipinski definition) is 2. The predicted molar refractivity (Wildman–Crippen MR) is 49.1 cm³/mol. The van der Waals surface area contributed by atoms with Crippen molar-refractivity contribution in [3.8, 4) is 0 Å². The van der Waals surface area contributed by atoms with Crippen LogP contribution in [0.1, 0.15) is 34.1 Å². The molecule has 0 aliphatic rings. The highest BCUT2D eigenvalue weighted by molar-refractivity contribution is 8.01. The molecule has 0 aromatic carbocycles. The summed E-state index contributed by atoms with van der Waals surface area (Å²) in [5.41, 5.74) is 0. The van der Waals surface area contributed by atoms with E-state index in [0.717, 1.165) is 0 Å². The molecule has 0 spiro atoms. The Morgan fingerprint density at radius 3 is 2.18 bits per heavy atom. The summed E-state index contributed by atoms with van der Waals surface area (Å²) in [6, 6.07) is 0. The van der Waals surface area contributed by atoms with Gasteiger partial charge >= 0.3 is 5.97 Å². The van der Waals surface area contributed by atoms with Crippen molar-refractivity contribution < 1.29 is 9.90 Å². The Hall–Kier alpha value is -0.180. The molecule has 0 saturated heterocycles. The zero-order chi connectivity index (χ0) is 9.07. The van der Waals surface area contributed by atoms with Gasteiger partial charge in [-0.1, -0.05) is 20.8 Å². The van der Waals surface area contributed by atoms with Gasteiger partial charge in [-0.25, -0.2) is 0 Å². The summed E-state index contributed by atoms with van der Waals surface area (Å²) < 4.78 is -0.603. The third kappa shape index (κ3) is 3.14. The summed E-state index contributed by atoms with van der Waals surface area (Å²) in [4.78, 5) is 10.8. The first-order valence-electron chi connectivity index (χ1n) is 3.83. The van der Waals surface area contributed by atoms with E-state index in [0.29, 0.717) is 11.7 Å². The van der Waals surface area contributed by atoms with Crippen molar-refractivity contribution in [2.75, 3.05) is 0 Å². The highest BCUT2D eigenvalue weighted by atomic mass is 32.2. The van der Waals surface area contributed by atoms with Crippen LogP contribution in [0, 0.1) is 0 Å². The molecule has 1 N–H and O–H groups in total. The summed E-state index contributed by atoms with van der Waals surface area (Å²) in [6.45, 7) is 7.71. The zero-order valence-corrected chi connectivity index (χ0v) is 8.36. The van der Waals surface area contributed by atoms with Crippen LogP contribution >= 0.6 is 11.8 Å². The SMILES string of the molecule is CCC(C)(SC(C)C)C(=O)O. The molecule has 0 aromatic rings. The van der Waals surface area contributed by atoms with E-state index in [1.165, 1.54) is 11.8 Å². The van der Waals surface area contributed by atoms with Crippen molar-refractivity contribution in [2.45, 2.75) is 44.1 Å². The minimum atomic E-state index is -0.710. The second-order valence-corrected chi connectivity index (χ2v) is 5.14. The molecule has 66 valence electrons. The Bertz CT molecular complexity index is 145. The fourth-order valence-corrected chi connectivity index (χ4v) is 2.11. The third-order valence-corrected chi connectivity index (χ3v) is 3.08. The highest BCUT2D eigenvalue weighted by Crippen LogP contribution is 2.32. The first-order chi connectivity index (χ1) is 4.92. The second kappa shape index (κ2) is 4.00. The Balaban J connectivity index is 4.22. The van der Waals surface area contributed by atoms with Crippen LogP contribution in [0.5, 0.6) is 0 Å². The predicted octanol–water partition coefficient (Wildman–Crippen LogP) is 2.38. The zero-order valence-electron chi connectivity index (χ0n) is 7.55. The van der Waals surface area contributed by atoms with E-state index in [-0.39, 0.29) is 0 Å². The number of aliphatic carboxylic acids is 1. The molecule has 3 heteroatoms. The molecule has 0 fully saturated rings. The average molecular weight is 176 g/mol. The molecule has 0 radical (unpaired) electrons. The first kappa shape index (κ1) is 10.8. The van der Waals surface area contributed by atoms with E-state index >= 15 is 0 Å². The number of carbonyl (C=O) groups is 1. The molecule has 0 amide bonds. The van der Waals surface area contributed by atoms with Crippen molar-refractivity contribution in [1.82, 2.24) is 0 Å². The average Bonchev–Trinajstić information content (AvgIpc) is 1.86. The van der Waals surface area contributed by atoms with Crippen molar-refractivity contribution in [3.05, 3.63) is 0 Å². The van der Waals surface area contributed by atoms with Crippen LogP contribution < -0.4 is 0 Å². The van der Waals surface area contributed by atoms with Gasteiger partial charge in [-0.2, -0.15) is 0 Å². The molecule has 0 bridgehead atoms. The third-order valence-electron chi connectivity index (χ3n) is 1.62. The number of hydrogen-bond donors (Lipinski definition) is 1. The molecule has 0 saturated carbocycles. The fraction of sp³-hybridized carbons (Fsp3) is 0.875. The van der Waals surface area contributed by atoms with Crippen molar-refractivity contribution in [2.24, 2.45) is 0 Å². The lowest BCUT2D eigenvalue weighted by Gasteiger charge is -2.24. The van der Waals surface area contributed by atoms with Crippen LogP contribution in [-0.2, 0) is 4.79 Å². The van der Waals surface area contributed by atoms with Crippen molar-refractivity contribution >= 4 is 17.7 Å². The van der Waals surface area contributed by atoms with Crippen LogP contribution in [0.4, 0.5) is 0 Å². The Morgan fingerprint density at radius 2 is 2.09 bits per heavy atom. The van der Waals surface area contributed by atoms with Gasteiger partial charge in [-0.15, -0.1) is 11.8 Å². The molecule has 1 atom stereocenters. The largest absolute Gasteiger partial charge is 0.480 e. The quantitative estimate of drug-likeness (QED) is 0.714. The van der Waals surface area contributed by atoms with E-state index in [2.05, 4.69) is 0 Å². The van der Waals surface area contributed by atoms with E-state index < -0.39 is 10.7 Å². The smallest absolute Gasteiger partial charge is 0.319 e. The van der Waals surface area contributed by atoms with Crippen LogP contribution in [0.25, 0.3) is 0 Å². The van der Waals surface area contributed by atoms with Crippen molar-refractivity contribution in [3.63, 3.8) is 0 Å². The number of rotatable bonds is 4. The normalized spacial score (nSPS) is 16.5. The van der Waals surface area contributed by atoms with Crippen LogP contribution in [0.2, 0.25) is 0 Å². The van der Waals surface area contributed by atoms with Gasteiger partial charge in [0.05, 0.1) is 0 Å². The van der Waals surface area contributed by atoms with E-state index in [1.54, 1.807) is 6.92 Å². The molecule has 2 nitrogen and oxygen atoms in total. The minimum Gasteiger partial charge on any atom is -0.480 e. The first-order valence-corrected chi connectivity index (χ1v) is 4.71. The summed E-state index contributed by atoms with van der Waals surface area (Å²) >= 11 is 1.51.